The van der Waals surface area contributed by atoms with Crippen molar-refractivity contribution in [1.29, 1.82) is 0 Å². The Labute approximate surface area is 108 Å². The number of likely N-dealkylation sites (tertiary alicyclic amines) is 1. The molecule has 2 aliphatic rings. The van der Waals surface area contributed by atoms with Crippen molar-refractivity contribution in [3.05, 3.63) is 30.3 Å². The molecule has 3 rings (SSSR count). The second-order valence-corrected chi connectivity index (χ2v) is 5.39. The lowest BCUT2D eigenvalue weighted by Gasteiger charge is -2.22. The van der Waals surface area contributed by atoms with E-state index < -0.39 is 0 Å². The summed E-state index contributed by atoms with van der Waals surface area (Å²) in [6.07, 6.45) is 5.01. The third-order valence-corrected chi connectivity index (χ3v) is 4.18. The second kappa shape index (κ2) is 5.01. The van der Waals surface area contributed by atoms with Crippen LogP contribution >= 0.6 is 0 Å². The predicted octanol–water partition coefficient (Wildman–Crippen LogP) is 3.31. The minimum atomic E-state index is -0.185. The number of carbonyl (C=O) groups excluding carboxylic acids is 1. The molecule has 1 saturated heterocycles. The van der Waals surface area contributed by atoms with Gasteiger partial charge in [0, 0.05) is 13.1 Å². The maximum absolute atomic E-state index is 12.1. The number of para-hydroxylation sites is 1. The van der Waals surface area contributed by atoms with Crippen molar-refractivity contribution in [2.24, 2.45) is 11.8 Å². The van der Waals surface area contributed by atoms with Crippen molar-refractivity contribution in [1.82, 2.24) is 4.90 Å². The highest BCUT2D eigenvalue weighted by atomic mass is 16.6. The molecule has 1 heterocycles. The lowest BCUT2D eigenvalue weighted by Crippen LogP contribution is -2.31. The van der Waals surface area contributed by atoms with Gasteiger partial charge < -0.3 is 9.64 Å². The fraction of sp³-hybridized carbons (Fsp3) is 0.533. The zero-order valence-electron chi connectivity index (χ0n) is 10.5. The smallest absolute Gasteiger partial charge is 0.410 e. The molecule has 96 valence electrons. The van der Waals surface area contributed by atoms with Crippen LogP contribution in [-0.2, 0) is 0 Å². The molecule has 1 aliphatic heterocycles. The van der Waals surface area contributed by atoms with E-state index in [1.165, 1.54) is 25.7 Å². The third kappa shape index (κ3) is 2.35. The van der Waals surface area contributed by atoms with Crippen LogP contribution in [0.15, 0.2) is 30.3 Å². The predicted molar refractivity (Wildman–Crippen MR) is 69.5 cm³/mol. The van der Waals surface area contributed by atoms with Crippen LogP contribution in [0.3, 0.4) is 0 Å². The van der Waals surface area contributed by atoms with E-state index in [4.69, 9.17) is 4.74 Å². The first-order valence-corrected chi connectivity index (χ1v) is 6.85. The normalized spacial score (nSPS) is 26.8. The summed E-state index contributed by atoms with van der Waals surface area (Å²) in [6, 6.07) is 9.32. The lowest BCUT2D eigenvalue weighted by atomic mass is 9.82. The molecule has 0 bridgehead atoms. The monoisotopic (exact) mass is 245 g/mol. The summed E-state index contributed by atoms with van der Waals surface area (Å²) < 4.78 is 5.39. The highest BCUT2D eigenvalue weighted by molar-refractivity contribution is 5.71. The van der Waals surface area contributed by atoms with E-state index in [-0.39, 0.29) is 6.09 Å². The van der Waals surface area contributed by atoms with Crippen molar-refractivity contribution in [2.45, 2.75) is 25.7 Å². The van der Waals surface area contributed by atoms with E-state index in [2.05, 4.69) is 0 Å². The molecule has 0 spiro atoms. The van der Waals surface area contributed by atoms with Crippen LogP contribution in [0.4, 0.5) is 4.79 Å². The zero-order valence-corrected chi connectivity index (χ0v) is 10.5. The molecular formula is C15H19NO2. The van der Waals surface area contributed by atoms with E-state index in [0.29, 0.717) is 17.6 Å². The van der Waals surface area contributed by atoms with Gasteiger partial charge in [-0.1, -0.05) is 31.0 Å². The van der Waals surface area contributed by atoms with Gasteiger partial charge in [0.1, 0.15) is 5.75 Å². The largest absolute Gasteiger partial charge is 0.415 e. The van der Waals surface area contributed by atoms with E-state index in [1.807, 2.05) is 35.2 Å². The van der Waals surface area contributed by atoms with Gasteiger partial charge >= 0.3 is 6.09 Å². The van der Waals surface area contributed by atoms with Gasteiger partial charge in [-0.2, -0.15) is 0 Å². The molecule has 3 nitrogen and oxygen atoms in total. The second-order valence-electron chi connectivity index (χ2n) is 5.39. The quantitative estimate of drug-likeness (QED) is 0.759. The number of hydrogen-bond acceptors (Lipinski definition) is 2. The average molecular weight is 245 g/mol. The van der Waals surface area contributed by atoms with Gasteiger partial charge in [-0.15, -0.1) is 0 Å². The van der Waals surface area contributed by atoms with E-state index in [0.717, 1.165) is 13.1 Å². The first-order chi connectivity index (χ1) is 8.83. The van der Waals surface area contributed by atoms with Crippen LogP contribution in [0, 0.1) is 11.8 Å². The molecule has 2 fully saturated rings. The van der Waals surface area contributed by atoms with Gasteiger partial charge in [0.15, 0.2) is 0 Å². The molecule has 18 heavy (non-hydrogen) atoms. The number of hydrogen-bond donors (Lipinski definition) is 0. The van der Waals surface area contributed by atoms with Gasteiger partial charge in [0.2, 0.25) is 0 Å². The summed E-state index contributed by atoms with van der Waals surface area (Å²) in [7, 11) is 0. The van der Waals surface area contributed by atoms with Crippen molar-refractivity contribution in [3.8, 4) is 5.75 Å². The molecule has 1 aromatic rings. The Bertz CT molecular complexity index is 404. The molecule has 0 unspecified atom stereocenters. The molecule has 0 N–H and O–H groups in total. The number of nitrogens with zero attached hydrogens (tertiary/aromatic N) is 1. The summed E-state index contributed by atoms with van der Waals surface area (Å²) in [4.78, 5) is 13.9. The molecule has 2 atom stereocenters. The Hall–Kier alpha value is -1.51. The first kappa shape index (κ1) is 11.6. The fourth-order valence-electron chi connectivity index (χ4n) is 3.21. The number of rotatable bonds is 1. The Morgan fingerprint density at radius 2 is 1.67 bits per heavy atom. The lowest BCUT2D eigenvalue weighted by molar-refractivity contribution is 0.160. The molecular weight excluding hydrogens is 226 g/mol. The van der Waals surface area contributed by atoms with Gasteiger partial charge in [-0.3, -0.25) is 0 Å². The van der Waals surface area contributed by atoms with Crippen LogP contribution in [0.1, 0.15) is 25.7 Å². The highest BCUT2D eigenvalue weighted by Gasteiger charge is 2.37. The number of fused-ring (bicyclic) bond motifs is 1. The third-order valence-electron chi connectivity index (χ3n) is 4.18. The Kier molecular flexibility index (Phi) is 3.22. The average Bonchev–Trinajstić information content (AvgIpc) is 2.84. The zero-order chi connectivity index (χ0) is 12.4. The molecule has 1 aromatic carbocycles. The standard InChI is InChI=1S/C15H19NO2/c17-15(18-14-8-2-1-3-9-14)16-10-12-6-4-5-7-13(12)11-16/h1-3,8-9,12-13H,4-7,10-11H2/t12-,13+. The summed E-state index contributed by atoms with van der Waals surface area (Å²) in [5, 5.41) is 0. The van der Waals surface area contributed by atoms with Crippen LogP contribution in [-0.4, -0.2) is 24.1 Å². The Morgan fingerprint density at radius 1 is 1.06 bits per heavy atom. The van der Waals surface area contributed by atoms with Crippen LogP contribution in [0.5, 0.6) is 5.75 Å². The molecule has 1 saturated carbocycles. The van der Waals surface area contributed by atoms with Crippen LogP contribution < -0.4 is 4.74 Å². The number of amides is 1. The van der Waals surface area contributed by atoms with Crippen molar-refractivity contribution in [2.75, 3.05) is 13.1 Å². The number of benzene rings is 1. The summed E-state index contributed by atoms with van der Waals surface area (Å²) in [6.45, 7) is 1.77. The van der Waals surface area contributed by atoms with E-state index >= 15 is 0 Å². The number of carbonyl (C=O) groups is 1. The Morgan fingerprint density at radius 3 is 2.28 bits per heavy atom. The minimum Gasteiger partial charge on any atom is -0.410 e. The maximum atomic E-state index is 12.1. The van der Waals surface area contributed by atoms with Crippen LogP contribution in [0.2, 0.25) is 0 Å². The van der Waals surface area contributed by atoms with Gasteiger partial charge in [-0.25, -0.2) is 4.79 Å². The van der Waals surface area contributed by atoms with E-state index in [1.54, 1.807) is 0 Å². The number of ether oxygens (including phenoxy) is 1. The van der Waals surface area contributed by atoms with Gasteiger partial charge in [0.05, 0.1) is 0 Å². The van der Waals surface area contributed by atoms with Gasteiger partial charge in [-0.05, 0) is 36.8 Å². The molecule has 3 heteroatoms. The summed E-state index contributed by atoms with van der Waals surface area (Å²) in [5.41, 5.74) is 0. The van der Waals surface area contributed by atoms with Gasteiger partial charge in [0.25, 0.3) is 0 Å². The SMILES string of the molecule is O=C(Oc1ccccc1)N1C[C@H]2CCCC[C@H]2C1. The molecule has 1 amide bonds. The maximum Gasteiger partial charge on any atom is 0.415 e. The molecule has 0 aromatic heterocycles. The molecule has 1 aliphatic carbocycles. The van der Waals surface area contributed by atoms with Crippen molar-refractivity contribution in [3.63, 3.8) is 0 Å². The first-order valence-electron chi connectivity index (χ1n) is 6.85. The minimum absolute atomic E-state index is 0.185. The van der Waals surface area contributed by atoms with Crippen molar-refractivity contribution >= 4 is 6.09 Å². The summed E-state index contributed by atoms with van der Waals surface area (Å²) in [5.74, 6) is 2.06. The fourth-order valence-corrected chi connectivity index (χ4v) is 3.21. The Balaban J connectivity index is 1.60. The van der Waals surface area contributed by atoms with Crippen LogP contribution in [0.25, 0.3) is 0 Å². The van der Waals surface area contributed by atoms with Crippen molar-refractivity contribution < 1.29 is 9.53 Å². The highest BCUT2D eigenvalue weighted by Crippen LogP contribution is 2.36. The summed E-state index contributed by atoms with van der Waals surface area (Å²) >= 11 is 0. The topological polar surface area (TPSA) is 29.5 Å². The van der Waals surface area contributed by atoms with E-state index in [9.17, 15) is 4.79 Å². The molecule has 0 radical (unpaired) electrons.